The van der Waals surface area contributed by atoms with Gasteiger partial charge >= 0.3 is 0 Å². The first-order valence-corrected chi connectivity index (χ1v) is 6.95. The topological polar surface area (TPSA) is 70.7 Å². The Labute approximate surface area is 118 Å². The number of nitrogens with one attached hydrogen (secondary N) is 2. The molecule has 0 fully saturated rings. The number of H-pyrrole nitrogens is 1. The summed E-state index contributed by atoms with van der Waals surface area (Å²) >= 11 is 0. The van der Waals surface area contributed by atoms with Crippen LogP contribution in [0, 0.1) is 0 Å². The van der Waals surface area contributed by atoms with Crippen molar-refractivity contribution in [1.82, 2.24) is 20.5 Å². The van der Waals surface area contributed by atoms with Gasteiger partial charge in [-0.1, -0.05) is 38.1 Å². The van der Waals surface area contributed by atoms with Crippen LogP contribution in [-0.4, -0.2) is 21.1 Å². The van der Waals surface area contributed by atoms with Crippen LogP contribution in [0.1, 0.15) is 54.4 Å². The number of hydrogen-bond donors (Lipinski definition) is 2. The molecule has 1 atom stereocenters. The second-order valence-electron chi connectivity index (χ2n) is 4.75. The summed E-state index contributed by atoms with van der Waals surface area (Å²) < 4.78 is 0. The summed E-state index contributed by atoms with van der Waals surface area (Å²) in [4.78, 5) is 16.1. The number of aromatic nitrogens is 3. The summed E-state index contributed by atoms with van der Waals surface area (Å²) in [6.45, 7) is 6.03. The zero-order valence-electron chi connectivity index (χ0n) is 12.1. The number of carbonyl (C=O) groups excluding carboxylic acids is 1. The Balaban J connectivity index is 2.02. The number of aromatic amines is 1. The predicted molar refractivity (Wildman–Crippen MR) is 77.5 cm³/mol. The number of hydrogen-bond acceptors (Lipinski definition) is 3. The molecule has 2 rings (SSSR count). The van der Waals surface area contributed by atoms with Gasteiger partial charge in [-0.25, -0.2) is 4.98 Å². The van der Waals surface area contributed by atoms with E-state index in [2.05, 4.69) is 39.6 Å². The van der Waals surface area contributed by atoms with Gasteiger partial charge in [0.05, 0.1) is 6.04 Å². The fourth-order valence-electron chi connectivity index (χ4n) is 1.94. The second kappa shape index (κ2) is 6.32. The molecule has 1 unspecified atom stereocenters. The molecule has 2 aromatic rings. The Hall–Kier alpha value is -2.17. The number of amides is 1. The first-order valence-electron chi connectivity index (χ1n) is 6.95. The van der Waals surface area contributed by atoms with E-state index in [-0.39, 0.29) is 17.8 Å². The van der Waals surface area contributed by atoms with Crippen molar-refractivity contribution in [1.29, 1.82) is 0 Å². The van der Waals surface area contributed by atoms with Gasteiger partial charge in [0.25, 0.3) is 5.91 Å². The van der Waals surface area contributed by atoms with Gasteiger partial charge in [0.2, 0.25) is 5.82 Å². The quantitative estimate of drug-likeness (QED) is 0.878. The van der Waals surface area contributed by atoms with Crippen molar-refractivity contribution >= 4 is 5.91 Å². The minimum atomic E-state index is -0.256. The molecule has 1 amide bonds. The highest BCUT2D eigenvalue weighted by Gasteiger charge is 2.15. The van der Waals surface area contributed by atoms with E-state index in [4.69, 9.17) is 0 Å². The molecule has 1 aromatic heterocycles. The van der Waals surface area contributed by atoms with E-state index in [1.807, 2.05) is 26.0 Å². The van der Waals surface area contributed by atoms with Gasteiger partial charge in [-0.05, 0) is 24.5 Å². The number of nitrogens with zero attached hydrogens (tertiary/aromatic N) is 2. The molecule has 0 saturated carbocycles. The molecule has 0 bridgehead atoms. The van der Waals surface area contributed by atoms with Crippen molar-refractivity contribution in [3.63, 3.8) is 0 Å². The van der Waals surface area contributed by atoms with Crippen LogP contribution in [0.5, 0.6) is 0 Å². The van der Waals surface area contributed by atoms with E-state index >= 15 is 0 Å². The van der Waals surface area contributed by atoms with E-state index in [0.717, 1.165) is 24.2 Å². The second-order valence-corrected chi connectivity index (χ2v) is 4.75. The van der Waals surface area contributed by atoms with Crippen molar-refractivity contribution in [3.8, 4) is 0 Å². The number of rotatable bonds is 5. The van der Waals surface area contributed by atoms with Gasteiger partial charge in [-0.2, -0.15) is 0 Å². The molecule has 20 heavy (non-hydrogen) atoms. The Morgan fingerprint density at radius 3 is 2.50 bits per heavy atom. The maximum atomic E-state index is 12.0. The highest BCUT2D eigenvalue weighted by molar-refractivity contribution is 5.90. The lowest BCUT2D eigenvalue weighted by molar-refractivity contribution is 0.0929. The third-order valence-corrected chi connectivity index (χ3v) is 3.31. The SMILES string of the molecule is CCc1ccc(C(C)NC(=O)c2n[nH]c(CC)n2)cc1. The Morgan fingerprint density at radius 2 is 1.95 bits per heavy atom. The van der Waals surface area contributed by atoms with Gasteiger partial charge in [-0.3, -0.25) is 9.89 Å². The van der Waals surface area contributed by atoms with Crippen LogP contribution < -0.4 is 5.32 Å². The lowest BCUT2D eigenvalue weighted by Crippen LogP contribution is -2.27. The lowest BCUT2D eigenvalue weighted by atomic mass is 10.1. The highest BCUT2D eigenvalue weighted by atomic mass is 16.2. The van der Waals surface area contributed by atoms with Gasteiger partial charge in [0, 0.05) is 6.42 Å². The number of carbonyl (C=O) groups is 1. The van der Waals surface area contributed by atoms with E-state index < -0.39 is 0 Å². The molecule has 0 aliphatic carbocycles. The molecule has 0 saturated heterocycles. The fraction of sp³-hybridized carbons (Fsp3) is 0.400. The normalized spacial score (nSPS) is 12.2. The van der Waals surface area contributed by atoms with Crippen LogP contribution in [0.15, 0.2) is 24.3 Å². The largest absolute Gasteiger partial charge is 0.343 e. The molecule has 5 nitrogen and oxygen atoms in total. The molecule has 1 heterocycles. The maximum absolute atomic E-state index is 12.0. The summed E-state index contributed by atoms with van der Waals surface area (Å²) in [7, 11) is 0. The van der Waals surface area contributed by atoms with Crippen molar-refractivity contribution in [2.45, 2.75) is 39.7 Å². The van der Waals surface area contributed by atoms with Crippen molar-refractivity contribution < 1.29 is 4.79 Å². The summed E-state index contributed by atoms with van der Waals surface area (Å²) in [6.07, 6.45) is 1.74. The average Bonchev–Trinajstić information content (AvgIpc) is 2.96. The zero-order valence-corrected chi connectivity index (χ0v) is 12.1. The molecule has 0 spiro atoms. The molecule has 1 aromatic carbocycles. The molecular weight excluding hydrogens is 252 g/mol. The minimum absolute atomic E-state index is 0.0722. The third kappa shape index (κ3) is 3.23. The molecule has 0 radical (unpaired) electrons. The van der Waals surface area contributed by atoms with Crippen molar-refractivity contribution in [2.75, 3.05) is 0 Å². The average molecular weight is 272 g/mol. The van der Waals surface area contributed by atoms with Gasteiger partial charge in [0.1, 0.15) is 5.82 Å². The van der Waals surface area contributed by atoms with Crippen LogP contribution in [0.4, 0.5) is 0 Å². The summed E-state index contributed by atoms with van der Waals surface area (Å²) in [5.74, 6) is 0.655. The molecule has 0 aliphatic rings. The number of benzene rings is 1. The molecular formula is C15H20N4O. The maximum Gasteiger partial charge on any atom is 0.291 e. The van der Waals surface area contributed by atoms with Gasteiger partial charge in [0.15, 0.2) is 0 Å². The van der Waals surface area contributed by atoms with E-state index in [1.54, 1.807) is 0 Å². The highest BCUT2D eigenvalue weighted by Crippen LogP contribution is 2.14. The Bertz CT molecular complexity index is 574. The summed E-state index contributed by atoms with van der Waals surface area (Å²) in [5, 5.41) is 9.56. The van der Waals surface area contributed by atoms with E-state index in [1.165, 1.54) is 5.56 Å². The van der Waals surface area contributed by atoms with E-state index in [0.29, 0.717) is 0 Å². The Morgan fingerprint density at radius 1 is 1.25 bits per heavy atom. The predicted octanol–water partition coefficient (Wildman–Crippen LogP) is 2.42. The summed E-state index contributed by atoms with van der Waals surface area (Å²) in [6, 6.07) is 8.18. The third-order valence-electron chi connectivity index (χ3n) is 3.31. The lowest BCUT2D eigenvalue weighted by Gasteiger charge is -2.13. The van der Waals surface area contributed by atoms with Crippen LogP contribution in [0.25, 0.3) is 0 Å². The molecule has 106 valence electrons. The van der Waals surface area contributed by atoms with Crippen LogP contribution in [-0.2, 0) is 12.8 Å². The smallest absolute Gasteiger partial charge is 0.291 e. The molecule has 2 N–H and O–H groups in total. The first-order chi connectivity index (χ1) is 9.63. The molecule has 5 heteroatoms. The first kappa shape index (κ1) is 14.2. The minimum Gasteiger partial charge on any atom is -0.343 e. The van der Waals surface area contributed by atoms with Crippen LogP contribution in [0.2, 0.25) is 0 Å². The standard InChI is InChI=1S/C15H20N4O/c1-4-11-6-8-12(9-7-11)10(3)16-15(20)14-17-13(5-2)18-19-14/h6-10H,4-5H2,1-3H3,(H,16,20)(H,17,18,19). The molecule has 0 aliphatic heterocycles. The van der Waals surface area contributed by atoms with E-state index in [9.17, 15) is 4.79 Å². The van der Waals surface area contributed by atoms with Crippen LogP contribution >= 0.6 is 0 Å². The van der Waals surface area contributed by atoms with Crippen LogP contribution in [0.3, 0.4) is 0 Å². The van der Waals surface area contributed by atoms with Gasteiger partial charge < -0.3 is 5.32 Å². The Kier molecular flexibility index (Phi) is 4.50. The fourth-order valence-corrected chi connectivity index (χ4v) is 1.94. The van der Waals surface area contributed by atoms with Crippen molar-refractivity contribution in [3.05, 3.63) is 47.0 Å². The number of aryl methyl sites for hydroxylation is 2. The monoisotopic (exact) mass is 272 g/mol. The zero-order chi connectivity index (χ0) is 14.5. The summed E-state index contributed by atoms with van der Waals surface area (Å²) in [5.41, 5.74) is 2.36. The van der Waals surface area contributed by atoms with Gasteiger partial charge in [-0.15, -0.1) is 5.10 Å². The van der Waals surface area contributed by atoms with Crippen molar-refractivity contribution in [2.24, 2.45) is 0 Å².